The molecule has 0 aromatic rings. The minimum absolute atomic E-state index is 0.0467. The third-order valence-corrected chi connectivity index (χ3v) is 9.95. The van der Waals surface area contributed by atoms with Crippen LogP contribution in [0.4, 0.5) is 0 Å². The molecular weight excluding hydrogens is 424 g/mol. The first kappa shape index (κ1) is 24.5. The summed E-state index contributed by atoms with van der Waals surface area (Å²) < 4.78 is 6.28. The standard InChI is InChI=1S/C29H46N2O3/c1-5-7-16-31-22-13-9-8-12-21(22)29(3,4)25(31)17-19-27(32)20(28(19)33)18-26-30(6-2)23-14-10-11-15-24(23)34-26/h17-24,27-28H,5-16H2,1-4H3/q-2. The van der Waals surface area contributed by atoms with E-state index in [1.54, 1.807) is 0 Å². The molecule has 0 amide bonds. The van der Waals surface area contributed by atoms with Crippen LogP contribution in [0.5, 0.6) is 0 Å². The Hall–Kier alpha value is -1.20. The SMILES string of the molecule is CCCCN1C(=CC2C([O-])C(C=C3OC4CCCCC4N3CC)C2[O-])C(C)(C)C2CCCCC21. The number of fused-ring (bicyclic) bond motifs is 2. The Morgan fingerprint density at radius 3 is 2.24 bits per heavy atom. The molecule has 2 heterocycles. The molecule has 2 aliphatic heterocycles. The van der Waals surface area contributed by atoms with Crippen molar-refractivity contribution in [1.82, 2.24) is 9.80 Å². The zero-order valence-corrected chi connectivity index (χ0v) is 21.9. The van der Waals surface area contributed by atoms with E-state index < -0.39 is 24.0 Å². The number of rotatable bonds is 6. The average molecular weight is 471 g/mol. The highest BCUT2D eigenvalue weighted by Crippen LogP contribution is 2.54. The highest BCUT2D eigenvalue weighted by molar-refractivity contribution is 5.27. The van der Waals surface area contributed by atoms with Crippen LogP contribution in [0, 0.1) is 23.2 Å². The summed E-state index contributed by atoms with van der Waals surface area (Å²) in [5.74, 6) is 0.570. The lowest BCUT2D eigenvalue weighted by Gasteiger charge is -2.60. The van der Waals surface area contributed by atoms with Crippen LogP contribution in [0.3, 0.4) is 0 Å². The van der Waals surface area contributed by atoms with Gasteiger partial charge in [0.1, 0.15) is 6.10 Å². The quantitative estimate of drug-likeness (QED) is 0.591. The van der Waals surface area contributed by atoms with Crippen molar-refractivity contribution in [2.45, 2.75) is 122 Å². The minimum Gasteiger partial charge on any atom is -0.851 e. The van der Waals surface area contributed by atoms with Crippen LogP contribution in [-0.2, 0) is 4.74 Å². The van der Waals surface area contributed by atoms with Gasteiger partial charge >= 0.3 is 0 Å². The van der Waals surface area contributed by atoms with Crippen molar-refractivity contribution < 1.29 is 14.9 Å². The highest BCUT2D eigenvalue weighted by Gasteiger charge is 2.51. The number of ether oxygens (including phenoxy) is 1. The number of hydrogen-bond donors (Lipinski definition) is 0. The summed E-state index contributed by atoms with van der Waals surface area (Å²) in [6.45, 7) is 11.1. The van der Waals surface area contributed by atoms with Gasteiger partial charge < -0.3 is 24.7 Å². The fraction of sp³-hybridized carbons (Fsp3) is 0.862. The first-order valence-electron chi connectivity index (χ1n) is 14.3. The Balaban J connectivity index is 1.35. The molecule has 6 atom stereocenters. The predicted octanol–water partition coefficient (Wildman–Crippen LogP) is 3.78. The summed E-state index contributed by atoms with van der Waals surface area (Å²) in [4.78, 5) is 4.93. The zero-order valence-electron chi connectivity index (χ0n) is 21.9. The normalized spacial score (nSPS) is 43.6. The smallest absolute Gasteiger partial charge is 0.186 e. The molecule has 0 bridgehead atoms. The van der Waals surface area contributed by atoms with E-state index in [4.69, 9.17) is 4.74 Å². The fourth-order valence-corrected chi connectivity index (χ4v) is 7.94. The molecule has 0 radical (unpaired) electrons. The summed E-state index contributed by atoms with van der Waals surface area (Å²) in [6, 6.07) is 1.01. The molecule has 0 N–H and O–H groups in total. The number of hydrogen-bond acceptors (Lipinski definition) is 5. The van der Waals surface area contributed by atoms with Crippen LogP contribution in [0.15, 0.2) is 23.7 Å². The van der Waals surface area contributed by atoms with Gasteiger partial charge in [-0.25, -0.2) is 0 Å². The van der Waals surface area contributed by atoms with Crippen molar-refractivity contribution >= 4 is 0 Å². The van der Waals surface area contributed by atoms with Gasteiger partial charge in [0, 0.05) is 30.2 Å². The lowest BCUT2D eigenvalue weighted by atomic mass is 9.66. The summed E-state index contributed by atoms with van der Waals surface area (Å²) >= 11 is 0. The van der Waals surface area contributed by atoms with E-state index in [0.717, 1.165) is 31.8 Å². The molecule has 6 unspecified atom stereocenters. The molecular formula is C29H46N2O3-2. The van der Waals surface area contributed by atoms with E-state index in [0.29, 0.717) is 18.0 Å². The number of unbranched alkanes of at least 4 members (excludes halogenated alkanes) is 1. The lowest BCUT2D eigenvalue weighted by molar-refractivity contribution is -0.550. The van der Waals surface area contributed by atoms with Gasteiger partial charge in [0.25, 0.3) is 0 Å². The van der Waals surface area contributed by atoms with Gasteiger partial charge in [0.15, 0.2) is 5.88 Å². The summed E-state index contributed by atoms with van der Waals surface area (Å²) in [5, 5.41) is 26.8. The summed E-state index contributed by atoms with van der Waals surface area (Å²) in [6.07, 6.45) is 14.8. The van der Waals surface area contributed by atoms with Gasteiger partial charge in [-0.15, -0.1) is 12.2 Å². The number of likely N-dealkylation sites (N-methyl/N-ethyl adjacent to an activating group) is 1. The average Bonchev–Trinajstić information content (AvgIpc) is 3.31. The molecule has 0 spiro atoms. The third-order valence-electron chi connectivity index (χ3n) is 9.95. The van der Waals surface area contributed by atoms with Gasteiger partial charge in [-0.2, -0.15) is 0 Å². The van der Waals surface area contributed by atoms with Gasteiger partial charge in [0.2, 0.25) is 0 Å². The molecule has 3 aliphatic carbocycles. The van der Waals surface area contributed by atoms with Crippen molar-refractivity contribution in [1.29, 1.82) is 0 Å². The number of likely N-dealkylation sites (tertiary alicyclic amines) is 1. The second-order valence-electron chi connectivity index (χ2n) is 12.2. The molecule has 5 rings (SSSR count). The topological polar surface area (TPSA) is 61.8 Å². The summed E-state index contributed by atoms with van der Waals surface area (Å²) in [7, 11) is 0. The van der Waals surface area contributed by atoms with Crippen molar-refractivity contribution in [3.05, 3.63) is 23.7 Å². The van der Waals surface area contributed by atoms with E-state index >= 15 is 0 Å². The van der Waals surface area contributed by atoms with Gasteiger partial charge in [0.05, 0.1) is 6.04 Å². The van der Waals surface area contributed by atoms with Crippen LogP contribution in [0.1, 0.15) is 91.9 Å². The third kappa shape index (κ3) is 3.99. The van der Waals surface area contributed by atoms with Crippen molar-refractivity contribution in [2.75, 3.05) is 13.1 Å². The van der Waals surface area contributed by atoms with E-state index in [1.807, 2.05) is 6.08 Å². The Morgan fingerprint density at radius 1 is 0.882 bits per heavy atom. The molecule has 5 fully saturated rings. The van der Waals surface area contributed by atoms with Crippen LogP contribution >= 0.6 is 0 Å². The molecule has 5 nitrogen and oxygen atoms in total. The molecule has 5 heteroatoms. The van der Waals surface area contributed by atoms with Gasteiger partial charge in [-0.3, -0.25) is 0 Å². The van der Waals surface area contributed by atoms with Crippen LogP contribution in [-0.4, -0.2) is 53.3 Å². The second-order valence-corrected chi connectivity index (χ2v) is 12.2. The minimum atomic E-state index is -0.862. The first-order chi connectivity index (χ1) is 16.4. The van der Waals surface area contributed by atoms with Crippen molar-refractivity contribution in [2.24, 2.45) is 23.2 Å². The molecule has 0 aromatic carbocycles. The number of allylic oxidation sites excluding steroid dienone is 1. The summed E-state index contributed by atoms with van der Waals surface area (Å²) in [5.41, 5.74) is 1.35. The Labute approximate surface area is 207 Å². The molecule has 2 saturated heterocycles. The second kappa shape index (κ2) is 9.69. The van der Waals surface area contributed by atoms with Crippen LogP contribution in [0.25, 0.3) is 0 Å². The van der Waals surface area contributed by atoms with Gasteiger partial charge in [-0.05, 0) is 69.3 Å². The molecule has 5 aliphatic rings. The van der Waals surface area contributed by atoms with Crippen molar-refractivity contribution in [3.8, 4) is 0 Å². The van der Waals surface area contributed by atoms with E-state index in [2.05, 4.69) is 43.6 Å². The molecule has 3 saturated carbocycles. The number of nitrogens with zero attached hydrogens (tertiary/aromatic N) is 2. The maximum atomic E-state index is 13.4. The van der Waals surface area contributed by atoms with Crippen LogP contribution < -0.4 is 10.2 Å². The highest BCUT2D eigenvalue weighted by atomic mass is 16.5. The Morgan fingerprint density at radius 2 is 1.53 bits per heavy atom. The van der Waals surface area contributed by atoms with E-state index in [-0.39, 0.29) is 11.5 Å². The van der Waals surface area contributed by atoms with E-state index in [1.165, 1.54) is 57.1 Å². The largest absolute Gasteiger partial charge is 0.851 e. The molecule has 0 aromatic heterocycles. The Bertz CT molecular complexity index is 782. The molecule has 192 valence electrons. The maximum absolute atomic E-state index is 13.4. The first-order valence-corrected chi connectivity index (χ1v) is 14.3. The fourth-order valence-electron chi connectivity index (χ4n) is 7.94. The molecule has 34 heavy (non-hydrogen) atoms. The Kier molecular flexibility index (Phi) is 6.98. The monoisotopic (exact) mass is 470 g/mol. The maximum Gasteiger partial charge on any atom is 0.186 e. The predicted molar refractivity (Wildman–Crippen MR) is 131 cm³/mol. The zero-order chi connectivity index (χ0) is 24.0. The van der Waals surface area contributed by atoms with Crippen LogP contribution in [0.2, 0.25) is 0 Å². The van der Waals surface area contributed by atoms with Gasteiger partial charge in [-0.1, -0.05) is 52.5 Å². The lowest BCUT2D eigenvalue weighted by Crippen LogP contribution is -2.66. The van der Waals surface area contributed by atoms with E-state index in [9.17, 15) is 10.2 Å². The van der Waals surface area contributed by atoms with Crippen molar-refractivity contribution in [3.63, 3.8) is 0 Å².